The minimum absolute atomic E-state index is 0.0546. The molecule has 2 rings (SSSR count). The van der Waals surface area contributed by atoms with E-state index in [0.29, 0.717) is 16.8 Å². The molecule has 1 N–H and O–H groups in total. The molecule has 78 valence electrons. The van der Waals surface area contributed by atoms with E-state index in [4.69, 9.17) is 5.53 Å². The van der Waals surface area contributed by atoms with Gasteiger partial charge in [0, 0.05) is 11.8 Å². The Morgan fingerprint density at radius 2 is 2.06 bits per heavy atom. The van der Waals surface area contributed by atoms with Crippen LogP contribution in [0.15, 0.2) is 42.6 Å². The van der Waals surface area contributed by atoms with E-state index in [-0.39, 0.29) is 5.75 Å². The number of para-hydroxylation sites is 1. The Labute approximate surface area is 92.4 Å². The predicted octanol–water partition coefficient (Wildman–Crippen LogP) is 2.10. The molecular formula is C12H9N3O. The van der Waals surface area contributed by atoms with Gasteiger partial charge in [-0.1, -0.05) is 12.1 Å². The summed E-state index contributed by atoms with van der Waals surface area (Å²) >= 11 is 0. The third-order valence-electron chi connectivity index (χ3n) is 2.20. The monoisotopic (exact) mass is 211 g/mol. The van der Waals surface area contributed by atoms with Gasteiger partial charge < -0.3 is 10.6 Å². The molecule has 2 aromatic rings. The van der Waals surface area contributed by atoms with Gasteiger partial charge in [-0.05, 0) is 24.3 Å². The Hall–Kier alpha value is -2.45. The van der Waals surface area contributed by atoms with Crippen molar-refractivity contribution in [3.05, 3.63) is 53.7 Å². The number of aromatic hydroxyl groups is 1. The number of hydrogen-bond donors (Lipinski definition) is 1. The molecule has 0 aliphatic carbocycles. The zero-order valence-electron chi connectivity index (χ0n) is 8.41. The third-order valence-corrected chi connectivity index (χ3v) is 2.20. The van der Waals surface area contributed by atoms with E-state index in [0.717, 1.165) is 0 Å². The van der Waals surface area contributed by atoms with Crippen LogP contribution in [0.3, 0.4) is 0 Å². The van der Waals surface area contributed by atoms with Gasteiger partial charge in [0.15, 0.2) is 0 Å². The first-order valence-corrected chi connectivity index (χ1v) is 4.73. The van der Waals surface area contributed by atoms with E-state index in [1.165, 1.54) is 6.21 Å². The van der Waals surface area contributed by atoms with Crippen molar-refractivity contribution in [1.29, 1.82) is 0 Å². The van der Waals surface area contributed by atoms with Crippen LogP contribution in [0.5, 0.6) is 5.75 Å². The first kappa shape index (κ1) is 10.1. The summed E-state index contributed by atoms with van der Waals surface area (Å²) in [6, 6.07) is 10.6. The number of nitrogens with zero attached hydrogens (tertiary/aromatic N) is 3. The summed E-state index contributed by atoms with van der Waals surface area (Å²) in [5.41, 5.74) is 10.2. The van der Waals surface area contributed by atoms with E-state index in [1.807, 2.05) is 6.07 Å². The summed E-state index contributed by atoms with van der Waals surface area (Å²) in [6.45, 7) is 0. The maximum atomic E-state index is 9.93. The van der Waals surface area contributed by atoms with E-state index in [9.17, 15) is 5.11 Å². The number of phenolic OH excluding ortho intramolecular Hbond substituents is 1. The summed E-state index contributed by atoms with van der Waals surface area (Å²) in [6.07, 6.45) is 2.84. The zero-order valence-corrected chi connectivity index (χ0v) is 8.41. The van der Waals surface area contributed by atoms with Crippen molar-refractivity contribution in [2.75, 3.05) is 0 Å². The van der Waals surface area contributed by atoms with E-state index < -0.39 is 0 Å². The third kappa shape index (κ3) is 1.82. The van der Waals surface area contributed by atoms with Crippen molar-refractivity contribution in [1.82, 2.24) is 4.98 Å². The molecular weight excluding hydrogens is 202 g/mol. The Kier molecular flexibility index (Phi) is 2.76. The Bertz CT molecular complexity index is 545. The molecule has 0 amide bonds. The summed E-state index contributed by atoms with van der Waals surface area (Å²) < 4.78 is 0. The Balaban J connectivity index is 2.59. The zero-order chi connectivity index (χ0) is 11.4. The van der Waals surface area contributed by atoms with Gasteiger partial charge in [0.2, 0.25) is 0 Å². The molecule has 0 spiro atoms. The second-order valence-electron chi connectivity index (χ2n) is 3.20. The highest BCUT2D eigenvalue weighted by Crippen LogP contribution is 2.29. The predicted molar refractivity (Wildman–Crippen MR) is 60.1 cm³/mol. The summed E-state index contributed by atoms with van der Waals surface area (Å²) in [5.74, 6) is 0.0546. The molecule has 0 fully saturated rings. The molecule has 1 heterocycles. The van der Waals surface area contributed by atoms with Gasteiger partial charge in [0.05, 0.1) is 11.3 Å². The smallest absolute Gasteiger partial charge is 0.291 e. The van der Waals surface area contributed by atoms with Crippen LogP contribution >= 0.6 is 0 Å². The minimum Gasteiger partial charge on any atom is -0.506 e. The van der Waals surface area contributed by atoms with Crippen molar-refractivity contribution in [3.8, 4) is 17.0 Å². The lowest BCUT2D eigenvalue weighted by molar-refractivity contribution is 0.00444. The molecule has 0 bridgehead atoms. The van der Waals surface area contributed by atoms with Gasteiger partial charge in [0.25, 0.3) is 6.21 Å². The first-order chi connectivity index (χ1) is 7.83. The average molecular weight is 211 g/mol. The van der Waals surface area contributed by atoms with Crippen LogP contribution in [-0.4, -0.2) is 21.1 Å². The van der Waals surface area contributed by atoms with Gasteiger partial charge in [-0.25, -0.2) is 0 Å². The SMILES string of the molecule is [N-]=[N+]=Cc1cccc(-c2ccccn2)c1O. The number of pyridine rings is 1. The van der Waals surface area contributed by atoms with Crippen molar-refractivity contribution in [2.45, 2.75) is 0 Å². The molecule has 0 unspecified atom stereocenters. The van der Waals surface area contributed by atoms with Crippen LogP contribution < -0.4 is 0 Å². The molecule has 0 atom stereocenters. The lowest BCUT2D eigenvalue weighted by atomic mass is 10.1. The Morgan fingerprint density at radius 3 is 2.75 bits per heavy atom. The maximum Gasteiger partial charge on any atom is 0.291 e. The van der Waals surface area contributed by atoms with Crippen LogP contribution in [0.25, 0.3) is 16.8 Å². The van der Waals surface area contributed by atoms with Crippen molar-refractivity contribution in [2.24, 2.45) is 0 Å². The molecule has 1 aromatic carbocycles. The highest BCUT2D eigenvalue weighted by atomic mass is 16.3. The summed E-state index contributed by atoms with van der Waals surface area (Å²) in [4.78, 5) is 7.04. The van der Waals surface area contributed by atoms with Crippen molar-refractivity contribution < 1.29 is 9.90 Å². The standard InChI is InChI=1S/C12H9N3O/c13-15-8-9-4-3-5-10(12(9)16)11-6-1-2-7-14-11/h1-8,16H. The molecule has 0 aliphatic rings. The highest BCUT2D eigenvalue weighted by molar-refractivity contribution is 5.85. The van der Waals surface area contributed by atoms with Gasteiger partial charge in [-0.2, -0.15) is 4.79 Å². The van der Waals surface area contributed by atoms with Crippen LogP contribution in [0.4, 0.5) is 0 Å². The fourth-order valence-electron chi connectivity index (χ4n) is 1.46. The highest BCUT2D eigenvalue weighted by Gasteiger charge is 2.09. The summed E-state index contributed by atoms with van der Waals surface area (Å²) in [7, 11) is 0. The number of rotatable bonds is 2. The average Bonchev–Trinajstić information content (AvgIpc) is 2.33. The minimum atomic E-state index is 0.0546. The number of phenols is 1. The van der Waals surface area contributed by atoms with Gasteiger partial charge in [-0.15, -0.1) is 0 Å². The van der Waals surface area contributed by atoms with Crippen LogP contribution in [-0.2, 0) is 0 Å². The van der Waals surface area contributed by atoms with Crippen molar-refractivity contribution in [3.63, 3.8) is 0 Å². The van der Waals surface area contributed by atoms with Gasteiger partial charge in [-0.3, -0.25) is 4.98 Å². The Morgan fingerprint density at radius 1 is 1.19 bits per heavy atom. The summed E-state index contributed by atoms with van der Waals surface area (Å²) in [5, 5.41) is 9.93. The number of benzene rings is 1. The molecule has 0 saturated heterocycles. The molecule has 16 heavy (non-hydrogen) atoms. The maximum absolute atomic E-state index is 9.93. The second-order valence-corrected chi connectivity index (χ2v) is 3.20. The van der Waals surface area contributed by atoms with Crippen molar-refractivity contribution >= 4 is 6.21 Å². The number of aromatic nitrogens is 1. The molecule has 0 aliphatic heterocycles. The number of hydrogen-bond acceptors (Lipinski definition) is 2. The second kappa shape index (κ2) is 4.38. The molecule has 0 saturated carbocycles. The lowest BCUT2D eigenvalue weighted by Crippen LogP contribution is -1.88. The van der Waals surface area contributed by atoms with E-state index >= 15 is 0 Å². The largest absolute Gasteiger partial charge is 0.506 e. The topological polar surface area (TPSA) is 69.5 Å². The fourth-order valence-corrected chi connectivity index (χ4v) is 1.46. The fraction of sp³-hybridized carbons (Fsp3) is 0. The quantitative estimate of drug-likeness (QED) is 0.469. The van der Waals surface area contributed by atoms with Gasteiger partial charge in [0.1, 0.15) is 5.75 Å². The molecule has 4 nitrogen and oxygen atoms in total. The molecule has 1 aromatic heterocycles. The lowest BCUT2D eigenvalue weighted by Gasteiger charge is -2.04. The van der Waals surface area contributed by atoms with E-state index in [1.54, 1.807) is 36.5 Å². The molecule has 4 heteroatoms. The van der Waals surface area contributed by atoms with Crippen LogP contribution in [0.2, 0.25) is 0 Å². The normalized spacial score (nSPS) is 9.50. The van der Waals surface area contributed by atoms with Gasteiger partial charge >= 0.3 is 0 Å². The first-order valence-electron chi connectivity index (χ1n) is 4.73. The van der Waals surface area contributed by atoms with Crippen LogP contribution in [0, 0.1) is 0 Å². The molecule has 0 radical (unpaired) electrons. The van der Waals surface area contributed by atoms with E-state index in [2.05, 4.69) is 9.77 Å². The van der Waals surface area contributed by atoms with Crippen LogP contribution in [0.1, 0.15) is 5.56 Å².